The Bertz CT molecular complexity index is 1160. The van der Waals surface area contributed by atoms with Crippen molar-refractivity contribution >= 4 is 22.5 Å². The van der Waals surface area contributed by atoms with Gasteiger partial charge in [0.25, 0.3) is 0 Å². The summed E-state index contributed by atoms with van der Waals surface area (Å²) in [6.07, 6.45) is 14.4. The van der Waals surface area contributed by atoms with Gasteiger partial charge in [0.15, 0.2) is 5.78 Å². The van der Waals surface area contributed by atoms with E-state index < -0.39 is 5.97 Å². The van der Waals surface area contributed by atoms with E-state index in [-0.39, 0.29) is 5.78 Å². The number of carbonyl (C=O) groups is 2. The molecular weight excluding hydrogens is 484 g/mol. The van der Waals surface area contributed by atoms with E-state index >= 15 is 0 Å². The molecule has 0 aliphatic carbocycles. The number of Topliss-reactive ketones (excluding diaryl/α,β-unsaturated/α-hetero) is 1. The topological polar surface area (TPSA) is 52.6 Å². The summed E-state index contributed by atoms with van der Waals surface area (Å²) in [5, 5.41) is 1.88. The van der Waals surface area contributed by atoms with Gasteiger partial charge in [0.05, 0.1) is 12.2 Å². The van der Waals surface area contributed by atoms with Crippen LogP contribution in [0.5, 0.6) is 11.5 Å². The van der Waals surface area contributed by atoms with Crippen LogP contribution in [-0.4, -0.2) is 18.4 Å². The van der Waals surface area contributed by atoms with Crippen LogP contribution in [0.4, 0.5) is 0 Å². The van der Waals surface area contributed by atoms with Crippen LogP contribution >= 0.6 is 0 Å². The molecule has 3 aromatic rings. The molecule has 39 heavy (non-hydrogen) atoms. The van der Waals surface area contributed by atoms with Crippen molar-refractivity contribution in [1.82, 2.24) is 0 Å². The van der Waals surface area contributed by atoms with Crippen LogP contribution in [0.3, 0.4) is 0 Å². The van der Waals surface area contributed by atoms with Gasteiger partial charge in [-0.15, -0.1) is 0 Å². The molecule has 4 nitrogen and oxygen atoms in total. The zero-order valence-corrected chi connectivity index (χ0v) is 24.2. The molecule has 0 radical (unpaired) electrons. The van der Waals surface area contributed by atoms with Gasteiger partial charge in [-0.1, -0.05) is 96.8 Å². The zero-order valence-electron chi connectivity index (χ0n) is 24.2. The van der Waals surface area contributed by atoms with Gasteiger partial charge in [-0.3, -0.25) is 4.79 Å². The van der Waals surface area contributed by atoms with Crippen LogP contribution in [-0.2, 0) is 0 Å². The lowest BCUT2D eigenvalue weighted by molar-refractivity contribution is 0.0734. The van der Waals surface area contributed by atoms with E-state index in [1.165, 1.54) is 57.8 Å². The maximum Gasteiger partial charge on any atom is 0.343 e. The molecule has 3 aromatic carbocycles. The molecule has 0 saturated carbocycles. The Kier molecular flexibility index (Phi) is 13.1. The first kappa shape index (κ1) is 30.4. The first-order valence-corrected chi connectivity index (χ1v) is 15.0. The average Bonchev–Trinajstić information content (AvgIpc) is 2.94. The quantitative estimate of drug-likeness (QED) is 0.0710. The van der Waals surface area contributed by atoms with E-state index in [2.05, 4.69) is 20.8 Å². The molecule has 3 rings (SSSR count). The lowest BCUT2D eigenvalue weighted by Gasteiger charge is -2.09. The van der Waals surface area contributed by atoms with Crippen molar-refractivity contribution in [1.29, 1.82) is 0 Å². The third-order valence-corrected chi connectivity index (χ3v) is 7.15. The maximum atomic E-state index is 12.7. The fourth-order valence-corrected chi connectivity index (χ4v) is 4.66. The number of carbonyl (C=O) groups excluding carboxylic acids is 2. The summed E-state index contributed by atoms with van der Waals surface area (Å²) < 4.78 is 11.5. The van der Waals surface area contributed by atoms with E-state index in [1.807, 2.05) is 42.5 Å². The molecule has 0 aromatic heterocycles. The summed E-state index contributed by atoms with van der Waals surface area (Å²) in [6, 6.07) is 18.3. The molecule has 0 atom stereocenters. The van der Waals surface area contributed by atoms with E-state index in [0.717, 1.165) is 34.9 Å². The predicted octanol–water partition coefficient (Wildman–Crippen LogP) is 9.98. The summed E-state index contributed by atoms with van der Waals surface area (Å²) in [5.41, 5.74) is 1.20. The summed E-state index contributed by atoms with van der Waals surface area (Å²) in [6.45, 7) is 7.20. The van der Waals surface area contributed by atoms with Crippen molar-refractivity contribution in [2.24, 2.45) is 5.92 Å². The summed E-state index contributed by atoms with van der Waals surface area (Å²) in [7, 11) is 0. The summed E-state index contributed by atoms with van der Waals surface area (Å²) in [5.74, 6) is 1.51. The number of unbranched alkanes of at least 4 members (excludes halogenated alkanes) is 9. The van der Waals surface area contributed by atoms with Gasteiger partial charge in [-0.2, -0.15) is 0 Å². The van der Waals surface area contributed by atoms with Gasteiger partial charge >= 0.3 is 5.97 Å². The third-order valence-electron chi connectivity index (χ3n) is 7.15. The Morgan fingerprint density at radius 2 is 1.23 bits per heavy atom. The first-order chi connectivity index (χ1) is 19.0. The van der Waals surface area contributed by atoms with Crippen LogP contribution in [0.15, 0.2) is 60.7 Å². The van der Waals surface area contributed by atoms with Crippen molar-refractivity contribution in [3.05, 3.63) is 71.8 Å². The highest BCUT2D eigenvalue weighted by Crippen LogP contribution is 2.24. The molecule has 0 amide bonds. The normalized spacial score (nSPS) is 11.2. The van der Waals surface area contributed by atoms with Gasteiger partial charge in [0.1, 0.15) is 11.5 Å². The minimum absolute atomic E-state index is 0.164. The fourth-order valence-electron chi connectivity index (χ4n) is 4.66. The summed E-state index contributed by atoms with van der Waals surface area (Å²) >= 11 is 0. The average molecular weight is 531 g/mol. The van der Waals surface area contributed by atoms with Crippen LogP contribution < -0.4 is 9.47 Å². The van der Waals surface area contributed by atoms with Crippen LogP contribution in [0.2, 0.25) is 0 Å². The monoisotopic (exact) mass is 530 g/mol. The molecule has 0 unspecified atom stereocenters. The van der Waals surface area contributed by atoms with E-state index in [1.54, 1.807) is 18.2 Å². The molecule has 0 heterocycles. The Hall–Kier alpha value is -3.14. The smallest absolute Gasteiger partial charge is 0.343 e. The standard InChI is InChI=1S/C35H46O4/c1-4-5-6-7-8-9-10-11-12-13-24-38-32-20-17-28(18-21-32)35(37)39-33-22-19-29-25-31(16-15-30(29)26-33)34(36)23-14-27(2)3/h15-22,25-27H,4-14,23-24H2,1-3H3. The second kappa shape index (κ2) is 16.7. The number of rotatable bonds is 18. The summed E-state index contributed by atoms with van der Waals surface area (Å²) in [4.78, 5) is 25.1. The second-order valence-corrected chi connectivity index (χ2v) is 11.0. The number of ether oxygens (including phenoxy) is 2. The Morgan fingerprint density at radius 3 is 1.90 bits per heavy atom. The second-order valence-electron chi connectivity index (χ2n) is 11.0. The Labute approximate surface area is 235 Å². The third kappa shape index (κ3) is 10.9. The molecule has 0 bridgehead atoms. The molecule has 0 aliphatic rings. The van der Waals surface area contributed by atoms with Gasteiger partial charge < -0.3 is 9.47 Å². The largest absolute Gasteiger partial charge is 0.494 e. The molecular formula is C35H46O4. The van der Waals surface area contributed by atoms with Crippen molar-refractivity contribution < 1.29 is 19.1 Å². The highest BCUT2D eigenvalue weighted by atomic mass is 16.5. The number of hydrogen-bond donors (Lipinski definition) is 0. The molecule has 0 spiro atoms. The fraction of sp³-hybridized carbons (Fsp3) is 0.486. The van der Waals surface area contributed by atoms with Crippen LogP contribution in [0.25, 0.3) is 10.8 Å². The van der Waals surface area contributed by atoms with Crippen molar-refractivity contribution in [3.63, 3.8) is 0 Å². The van der Waals surface area contributed by atoms with Gasteiger partial charge in [-0.05, 0) is 72.0 Å². The van der Waals surface area contributed by atoms with Crippen molar-refractivity contribution in [2.45, 2.75) is 97.8 Å². The van der Waals surface area contributed by atoms with E-state index in [4.69, 9.17) is 9.47 Å². The highest BCUT2D eigenvalue weighted by Gasteiger charge is 2.11. The zero-order chi connectivity index (χ0) is 27.9. The van der Waals surface area contributed by atoms with Gasteiger partial charge in [0, 0.05) is 12.0 Å². The number of hydrogen-bond acceptors (Lipinski definition) is 4. The van der Waals surface area contributed by atoms with Crippen molar-refractivity contribution in [2.75, 3.05) is 6.61 Å². The van der Waals surface area contributed by atoms with Crippen molar-refractivity contribution in [3.8, 4) is 11.5 Å². The lowest BCUT2D eigenvalue weighted by atomic mass is 9.99. The SMILES string of the molecule is CCCCCCCCCCCCOc1ccc(C(=O)Oc2ccc3cc(C(=O)CCC(C)C)ccc3c2)cc1. The molecule has 0 fully saturated rings. The van der Waals surface area contributed by atoms with E-state index in [0.29, 0.717) is 30.3 Å². The molecule has 210 valence electrons. The molecule has 0 N–H and O–H groups in total. The van der Waals surface area contributed by atoms with Gasteiger partial charge in [-0.25, -0.2) is 4.79 Å². The molecule has 4 heteroatoms. The minimum atomic E-state index is -0.406. The molecule has 0 saturated heterocycles. The number of ketones is 1. The Morgan fingerprint density at radius 1 is 0.667 bits per heavy atom. The Balaban J connectivity index is 1.40. The van der Waals surface area contributed by atoms with Gasteiger partial charge in [0.2, 0.25) is 0 Å². The predicted molar refractivity (Wildman–Crippen MR) is 161 cm³/mol. The maximum absolute atomic E-state index is 12.7. The molecule has 0 aliphatic heterocycles. The minimum Gasteiger partial charge on any atom is -0.494 e. The highest BCUT2D eigenvalue weighted by molar-refractivity contribution is 6.00. The number of benzene rings is 3. The first-order valence-electron chi connectivity index (χ1n) is 15.0. The van der Waals surface area contributed by atoms with E-state index in [9.17, 15) is 9.59 Å². The number of esters is 1. The number of fused-ring (bicyclic) bond motifs is 1. The van der Waals surface area contributed by atoms with Crippen LogP contribution in [0, 0.1) is 5.92 Å². The lowest BCUT2D eigenvalue weighted by Crippen LogP contribution is -2.08. The van der Waals surface area contributed by atoms with Crippen LogP contribution in [0.1, 0.15) is 119 Å².